The number of rotatable bonds is 7. The van der Waals surface area contributed by atoms with Crippen LogP contribution in [-0.2, 0) is 7.05 Å². The van der Waals surface area contributed by atoms with E-state index in [0.29, 0.717) is 11.1 Å². The Morgan fingerprint density at radius 2 is 1.30 bits per heavy atom. The first kappa shape index (κ1) is 37.6. The monoisotopic (exact) mass is 862 g/mol. The lowest BCUT2D eigenvalue weighted by molar-refractivity contribution is -0.633. The van der Waals surface area contributed by atoms with Crippen molar-refractivity contribution in [3.05, 3.63) is 137 Å². The molecule has 1 saturated carbocycles. The fraction of sp³-hybridized carbons (Fsp3) is 0.321. The second-order valence-electron chi connectivity index (χ2n) is 17.6. The molecule has 0 saturated heterocycles. The predicted octanol–water partition coefficient (Wildman–Crippen LogP) is 15.4. The van der Waals surface area contributed by atoms with E-state index in [2.05, 4.69) is 72.1 Å². The Morgan fingerprint density at radius 1 is 0.746 bits per heavy atom. The van der Waals surface area contributed by atoms with Crippen LogP contribution in [0.3, 0.4) is 0 Å². The Kier molecular flexibility index (Phi) is 9.21. The van der Waals surface area contributed by atoms with E-state index in [0.717, 1.165) is 77.8 Å². The van der Waals surface area contributed by atoms with Gasteiger partial charge in [0.25, 0.3) is 5.82 Å². The van der Waals surface area contributed by atoms with Crippen LogP contribution in [0.25, 0.3) is 72.4 Å². The van der Waals surface area contributed by atoms with Crippen LogP contribution in [0.15, 0.2) is 114 Å². The molecule has 1 fully saturated rings. The normalized spacial score (nSPS) is 16.8. The van der Waals surface area contributed by atoms with E-state index in [1.807, 2.05) is 56.4 Å². The molecule has 0 N–H and O–H groups in total. The maximum atomic E-state index is 13.8. The van der Waals surface area contributed by atoms with Crippen LogP contribution in [0, 0.1) is 19.2 Å². The lowest BCUT2D eigenvalue weighted by Crippen LogP contribution is -2.51. The van der Waals surface area contributed by atoms with Crippen LogP contribution < -0.4 is 4.57 Å². The van der Waals surface area contributed by atoms with Crippen molar-refractivity contribution in [2.75, 3.05) is 0 Å². The summed E-state index contributed by atoms with van der Waals surface area (Å²) in [7, 11) is 2.05. The number of hydrogen-bond donors (Lipinski definition) is 0. The van der Waals surface area contributed by atoms with Gasteiger partial charge < -0.3 is 4.42 Å². The van der Waals surface area contributed by atoms with Gasteiger partial charge in [-0.1, -0.05) is 100 Å². The fourth-order valence-corrected chi connectivity index (χ4v) is 9.65. The summed E-state index contributed by atoms with van der Waals surface area (Å²) in [5, 5.41) is 1.55. The summed E-state index contributed by atoms with van der Waals surface area (Å²) < 4.78 is 127. The highest BCUT2D eigenvalue weighted by Gasteiger charge is 2.70. The van der Waals surface area contributed by atoms with E-state index in [4.69, 9.17) is 9.90 Å². The third-order valence-electron chi connectivity index (χ3n) is 13.2. The van der Waals surface area contributed by atoms with Gasteiger partial charge in [-0.15, -0.1) is 0 Å². The molecule has 0 aliphatic heterocycles. The molecule has 8 aromatic rings. The van der Waals surface area contributed by atoms with E-state index in [9.17, 15) is 26.3 Å². The number of pyridine rings is 1. The Morgan fingerprint density at radius 3 is 1.87 bits per heavy atom. The van der Waals surface area contributed by atoms with Gasteiger partial charge in [0.2, 0.25) is 5.71 Å². The minimum Gasteiger partial charge on any atom is -0.437 e. The average molecular weight is 863 g/mol. The molecular weight excluding hydrogens is 809 g/mol. The van der Waals surface area contributed by atoms with E-state index >= 15 is 0 Å². The largest absolute Gasteiger partial charge is 0.437 e. The van der Waals surface area contributed by atoms with Crippen molar-refractivity contribution < 1.29 is 40.8 Å². The zero-order valence-electron chi connectivity index (χ0n) is 39.9. The van der Waals surface area contributed by atoms with Gasteiger partial charge in [0.15, 0.2) is 22.0 Å². The van der Waals surface area contributed by atoms with Crippen molar-refractivity contribution >= 4 is 33.1 Å². The number of para-hydroxylation sites is 2. The number of furan rings is 1. The molecule has 0 atom stereocenters. The van der Waals surface area contributed by atoms with Crippen molar-refractivity contribution in [1.82, 2.24) is 9.55 Å². The Hall–Kier alpha value is -5.90. The van der Waals surface area contributed by atoms with Gasteiger partial charge in [-0.2, -0.15) is 30.9 Å². The number of aromatic nitrogens is 3. The van der Waals surface area contributed by atoms with Gasteiger partial charge in [0.1, 0.15) is 11.3 Å². The second kappa shape index (κ2) is 15.4. The summed E-state index contributed by atoms with van der Waals surface area (Å²) in [4.78, 5) is 4.46. The number of nitrogens with zero attached hydrogens (tertiary/aromatic N) is 3. The Labute approximate surface area is 368 Å². The van der Waals surface area contributed by atoms with E-state index in [1.165, 1.54) is 6.07 Å². The molecule has 5 aromatic carbocycles. The van der Waals surface area contributed by atoms with Gasteiger partial charge in [0.05, 0.1) is 7.05 Å². The smallest absolute Gasteiger partial charge is 0.403 e. The number of aryl methyl sites for hydroxylation is 3. The summed E-state index contributed by atoms with van der Waals surface area (Å²) in [6.45, 7) is 8.38. The Balaban J connectivity index is 1.11. The molecule has 0 unspecified atom stereocenters. The molecule has 3 aromatic heterocycles. The summed E-state index contributed by atoms with van der Waals surface area (Å²) in [6, 6.07) is 35.0. The van der Waals surface area contributed by atoms with Crippen molar-refractivity contribution in [2.45, 2.75) is 97.2 Å². The SMILES string of the molecule is [2H]C([2H])([2H])c1ccc2c(n1)oc1c(-c3n(-c4c(C(C)C)cc(-c5ccc(-c6ccc(C7([2H])CCC(C(F)(F)F)(C(F)(F)F)CC7)cc6)cc5)cc4C(C)C)c4ccccc4[n+]3C)c(C)ccc12. The van der Waals surface area contributed by atoms with Gasteiger partial charge >= 0.3 is 12.4 Å². The summed E-state index contributed by atoms with van der Waals surface area (Å²) in [5.41, 5.74) is 8.25. The van der Waals surface area contributed by atoms with Crippen LogP contribution in [0.2, 0.25) is 0 Å². The zero-order valence-corrected chi connectivity index (χ0v) is 35.9. The molecule has 3 heterocycles. The highest BCUT2D eigenvalue weighted by molar-refractivity contribution is 6.09. The van der Waals surface area contributed by atoms with Gasteiger partial charge in [-0.3, -0.25) is 0 Å². The van der Waals surface area contributed by atoms with Crippen LogP contribution in [-0.4, -0.2) is 21.9 Å². The first-order valence-electron chi connectivity index (χ1n) is 23.3. The third-order valence-corrected chi connectivity index (χ3v) is 13.2. The van der Waals surface area contributed by atoms with Crippen molar-refractivity contribution in [1.29, 1.82) is 0 Å². The lowest BCUT2D eigenvalue weighted by Gasteiger charge is -2.42. The first-order chi connectivity index (χ1) is 31.4. The van der Waals surface area contributed by atoms with Crippen LogP contribution in [0.4, 0.5) is 26.3 Å². The highest BCUT2D eigenvalue weighted by Crippen LogP contribution is 2.60. The van der Waals surface area contributed by atoms with E-state index < -0.39 is 56.2 Å². The fourth-order valence-electron chi connectivity index (χ4n) is 9.65. The standard InChI is InChI=1S/C53H50F6N3O/c1-30(2)42-28-39(37-20-18-35(19-21-37)34-14-16-36(17-15-34)38-24-26-51(27-25-38,52(54,55)56)53(57,58)59)29-43(31(3)4)47(42)62-45-11-9-8-10-44(45)61(7)50(62)46-32(5)12-22-40-41-23-13-33(6)60-49(41)63-48(40)46/h8-23,28-31,38H,24-27H2,1-7H3/q+1/i6D3,38D. The summed E-state index contributed by atoms with van der Waals surface area (Å²) >= 11 is 0. The number of imidazole rings is 1. The topological polar surface area (TPSA) is 34.8 Å². The molecular formula is C53H50F6N3O+. The maximum absolute atomic E-state index is 13.8. The summed E-state index contributed by atoms with van der Waals surface area (Å²) in [6.07, 6.45) is -14.4. The molecule has 0 spiro atoms. The number of alkyl halides is 6. The van der Waals surface area contributed by atoms with Crippen LogP contribution in [0.5, 0.6) is 0 Å². The second-order valence-corrected chi connectivity index (χ2v) is 17.6. The predicted molar refractivity (Wildman–Crippen MR) is 239 cm³/mol. The minimum atomic E-state index is -5.44. The van der Waals surface area contributed by atoms with E-state index in [-0.39, 0.29) is 23.2 Å². The van der Waals surface area contributed by atoms with Gasteiger partial charge in [0, 0.05) is 33.1 Å². The molecule has 0 radical (unpaired) electrons. The van der Waals surface area contributed by atoms with Crippen molar-refractivity contribution in [2.24, 2.45) is 12.5 Å². The molecule has 9 rings (SSSR count). The molecule has 1 aliphatic rings. The third kappa shape index (κ3) is 7.00. The maximum Gasteiger partial charge on any atom is 0.403 e. The number of hydrogen-bond acceptors (Lipinski definition) is 2. The molecule has 10 heteroatoms. The Bertz CT molecular complexity index is 3150. The quantitative estimate of drug-likeness (QED) is 0.118. The van der Waals surface area contributed by atoms with Crippen molar-refractivity contribution in [3.8, 4) is 39.3 Å². The molecule has 324 valence electrons. The zero-order chi connectivity index (χ0) is 48.2. The minimum absolute atomic E-state index is 0.0349. The molecule has 4 nitrogen and oxygen atoms in total. The summed E-state index contributed by atoms with van der Waals surface area (Å²) in [5.74, 6) is -0.510. The lowest BCUT2D eigenvalue weighted by atomic mass is 9.68. The van der Waals surface area contributed by atoms with Gasteiger partial charge in [-0.25, -0.2) is 9.55 Å². The van der Waals surface area contributed by atoms with Gasteiger partial charge in [-0.05, 0) is 127 Å². The van der Waals surface area contributed by atoms with Crippen molar-refractivity contribution in [3.63, 3.8) is 0 Å². The molecule has 0 amide bonds. The molecule has 0 bridgehead atoms. The number of fused-ring (bicyclic) bond motifs is 4. The van der Waals surface area contributed by atoms with Crippen LogP contribution in [0.1, 0.15) is 105 Å². The highest BCUT2D eigenvalue weighted by atomic mass is 19.4. The number of halogens is 6. The molecule has 1 aliphatic carbocycles. The number of benzene rings is 5. The first-order valence-corrected chi connectivity index (χ1v) is 21.3. The molecule has 63 heavy (non-hydrogen) atoms. The van der Waals surface area contributed by atoms with Crippen LogP contribution >= 0.6 is 0 Å². The van der Waals surface area contributed by atoms with E-state index in [1.54, 1.807) is 30.3 Å². The average Bonchev–Trinajstić information content (AvgIpc) is 3.79.